The van der Waals surface area contributed by atoms with Crippen molar-refractivity contribution in [3.63, 3.8) is 0 Å². The number of aryl methyl sites for hydroxylation is 1. The highest BCUT2D eigenvalue weighted by atomic mass is 16.4. The molecule has 0 saturated heterocycles. The van der Waals surface area contributed by atoms with Crippen LogP contribution in [-0.2, 0) is 6.54 Å². The Morgan fingerprint density at radius 2 is 2.00 bits per heavy atom. The van der Waals surface area contributed by atoms with Crippen molar-refractivity contribution in [2.45, 2.75) is 40.2 Å². The summed E-state index contributed by atoms with van der Waals surface area (Å²) < 4.78 is 2.06. The fourth-order valence-corrected chi connectivity index (χ4v) is 2.40. The minimum Gasteiger partial charge on any atom is -0.478 e. The predicted molar refractivity (Wildman–Crippen MR) is 77.6 cm³/mol. The van der Waals surface area contributed by atoms with Crippen LogP contribution in [0.25, 0.3) is 10.9 Å². The van der Waals surface area contributed by atoms with E-state index in [9.17, 15) is 9.90 Å². The van der Waals surface area contributed by atoms with E-state index < -0.39 is 5.97 Å². The minimum absolute atomic E-state index is 0.318. The Hall–Kier alpha value is -1.77. The third-order valence-corrected chi connectivity index (χ3v) is 3.34. The van der Waals surface area contributed by atoms with E-state index in [1.807, 2.05) is 18.3 Å². The van der Waals surface area contributed by atoms with Gasteiger partial charge in [-0.25, -0.2) is 4.79 Å². The van der Waals surface area contributed by atoms with Crippen LogP contribution in [0.5, 0.6) is 0 Å². The number of benzene rings is 1. The zero-order valence-corrected chi connectivity index (χ0v) is 11.8. The zero-order valence-electron chi connectivity index (χ0n) is 11.8. The number of carbonyl (C=O) groups is 1. The number of fused-ring (bicyclic) bond motifs is 1. The van der Waals surface area contributed by atoms with E-state index in [-0.39, 0.29) is 0 Å². The molecule has 1 aromatic carbocycles. The smallest absolute Gasteiger partial charge is 0.337 e. The lowest BCUT2D eigenvalue weighted by Gasteiger charge is -2.18. The minimum atomic E-state index is -0.860. The average Bonchev–Trinajstić information content (AvgIpc) is 2.70. The highest BCUT2D eigenvalue weighted by Gasteiger charge is 2.13. The molecule has 0 radical (unpaired) electrons. The van der Waals surface area contributed by atoms with Gasteiger partial charge in [-0.1, -0.05) is 32.9 Å². The Bertz CT molecular complexity index is 590. The van der Waals surface area contributed by atoms with E-state index in [4.69, 9.17) is 0 Å². The topological polar surface area (TPSA) is 42.2 Å². The number of aromatic nitrogens is 1. The summed E-state index contributed by atoms with van der Waals surface area (Å²) in [6.45, 7) is 7.54. The lowest BCUT2D eigenvalue weighted by atomic mass is 9.91. The summed E-state index contributed by atoms with van der Waals surface area (Å²) >= 11 is 0. The molecule has 0 unspecified atom stereocenters. The second kappa shape index (κ2) is 5.08. The monoisotopic (exact) mass is 259 g/mol. The number of rotatable bonds is 4. The van der Waals surface area contributed by atoms with Gasteiger partial charge in [0, 0.05) is 18.1 Å². The van der Waals surface area contributed by atoms with E-state index in [0.29, 0.717) is 11.0 Å². The Morgan fingerprint density at radius 1 is 1.26 bits per heavy atom. The van der Waals surface area contributed by atoms with Crippen molar-refractivity contribution in [2.24, 2.45) is 5.41 Å². The normalized spacial score (nSPS) is 11.9. The molecule has 1 heterocycles. The molecule has 0 fully saturated rings. The van der Waals surface area contributed by atoms with Crippen LogP contribution in [0, 0.1) is 5.41 Å². The largest absolute Gasteiger partial charge is 0.478 e. The van der Waals surface area contributed by atoms with Gasteiger partial charge < -0.3 is 9.67 Å². The van der Waals surface area contributed by atoms with Crippen LogP contribution in [0.3, 0.4) is 0 Å². The predicted octanol–water partition coefficient (Wildman–Crippen LogP) is 4.17. The quantitative estimate of drug-likeness (QED) is 0.895. The maximum atomic E-state index is 11.3. The molecule has 0 amide bonds. The molecule has 19 heavy (non-hydrogen) atoms. The van der Waals surface area contributed by atoms with Gasteiger partial charge in [-0.15, -0.1) is 0 Å². The number of carboxylic acids is 1. The molecule has 0 atom stereocenters. The summed E-state index contributed by atoms with van der Waals surface area (Å²) in [5, 5.41) is 10.3. The summed E-state index contributed by atoms with van der Waals surface area (Å²) in [7, 11) is 0. The summed E-state index contributed by atoms with van der Waals surface area (Å²) in [6.07, 6.45) is 4.17. The summed E-state index contributed by atoms with van der Waals surface area (Å²) in [6, 6.07) is 7.41. The van der Waals surface area contributed by atoms with Gasteiger partial charge in [-0.3, -0.25) is 0 Å². The van der Waals surface area contributed by atoms with Gasteiger partial charge in [0.15, 0.2) is 0 Å². The van der Waals surface area contributed by atoms with Crippen LogP contribution in [0.1, 0.15) is 44.0 Å². The molecule has 2 rings (SSSR count). The SMILES string of the molecule is CC(C)(C)CCCn1ccc2cccc(C(=O)O)c21. The Labute approximate surface area is 113 Å². The standard InChI is InChI=1S/C16H21NO2/c1-16(2,3)9-5-10-17-11-8-12-6-4-7-13(14(12)17)15(18)19/h4,6-8,11H,5,9-10H2,1-3H3,(H,18,19). The maximum Gasteiger partial charge on any atom is 0.337 e. The third-order valence-electron chi connectivity index (χ3n) is 3.34. The van der Waals surface area contributed by atoms with Gasteiger partial charge in [-0.2, -0.15) is 0 Å². The molecule has 2 aromatic rings. The van der Waals surface area contributed by atoms with Crippen molar-refractivity contribution < 1.29 is 9.90 Å². The van der Waals surface area contributed by atoms with E-state index in [0.717, 1.165) is 30.3 Å². The highest BCUT2D eigenvalue weighted by molar-refractivity contribution is 6.02. The fraction of sp³-hybridized carbons (Fsp3) is 0.438. The molecule has 3 nitrogen and oxygen atoms in total. The molecular formula is C16H21NO2. The first-order chi connectivity index (χ1) is 8.88. The second-order valence-corrected chi connectivity index (χ2v) is 6.22. The first kappa shape index (κ1) is 13.7. The van der Waals surface area contributed by atoms with E-state index in [1.54, 1.807) is 12.1 Å². The fourth-order valence-electron chi connectivity index (χ4n) is 2.40. The molecule has 1 aromatic heterocycles. The van der Waals surface area contributed by atoms with Crippen LogP contribution in [0.15, 0.2) is 30.5 Å². The zero-order chi connectivity index (χ0) is 14.0. The summed E-state index contributed by atoms with van der Waals surface area (Å²) in [5.74, 6) is -0.860. The van der Waals surface area contributed by atoms with Gasteiger partial charge >= 0.3 is 5.97 Å². The Kier molecular flexibility index (Phi) is 3.65. The lowest BCUT2D eigenvalue weighted by molar-refractivity contribution is 0.0698. The lowest BCUT2D eigenvalue weighted by Crippen LogP contribution is -2.08. The van der Waals surface area contributed by atoms with E-state index >= 15 is 0 Å². The van der Waals surface area contributed by atoms with Crippen LogP contribution >= 0.6 is 0 Å². The Morgan fingerprint density at radius 3 is 2.63 bits per heavy atom. The number of hydrogen-bond acceptors (Lipinski definition) is 1. The molecular weight excluding hydrogens is 238 g/mol. The number of nitrogens with zero attached hydrogens (tertiary/aromatic N) is 1. The molecule has 0 bridgehead atoms. The molecule has 0 spiro atoms. The second-order valence-electron chi connectivity index (χ2n) is 6.22. The molecule has 1 N–H and O–H groups in total. The van der Waals surface area contributed by atoms with Gasteiger partial charge in [0.25, 0.3) is 0 Å². The van der Waals surface area contributed by atoms with Gasteiger partial charge in [0.05, 0.1) is 11.1 Å². The number of hydrogen-bond donors (Lipinski definition) is 1. The molecule has 0 aliphatic heterocycles. The van der Waals surface area contributed by atoms with Crippen molar-refractivity contribution in [1.29, 1.82) is 0 Å². The van der Waals surface area contributed by atoms with E-state index in [2.05, 4.69) is 25.3 Å². The summed E-state index contributed by atoms with van der Waals surface area (Å²) in [4.78, 5) is 11.3. The molecule has 0 saturated carbocycles. The van der Waals surface area contributed by atoms with Gasteiger partial charge in [0.1, 0.15) is 0 Å². The van der Waals surface area contributed by atoms with Gasteiger partial charge in [-0.05, 0) is 30.4 Å². The van der Waals surface area contributed by atoms with Crippen molar-refractivity contribution in [3.05, 3.63) is 36.0 Å². The molecule has 0 aliphatic rings. The van der Waals surface area contributed by atoms with Crippen LogP contribution in [0.4, 0.5) is 0 Å². The van der Waals surface area contributed by atoms with Gasteiger partial charge in [0.2, 0.25) is 0 Å². The maximum absolute atomic E-state index is 11.3. The first-order valence-electron chi connectivity index (χ1n) is 6.70. The van der Waals surface area contributed by atoms with Crippen LogP contribution in [-0.4, -0.2) is 15.6 Å². The first-order valence-corrected chi connectivity index (χ1v) is 6.70. The number of aromatic carboxylic acids is 1. The highest BCUT2D eigenvalue weighted by Crippen LogP contribution is 2.24. The van der Waals surface area contributed by atoms with Crippen molar-refractivity contribution in [3.8, 4) is 0 Å². The van der Waals surface area contributed by atoms with E-state index in [1.165, 1.54) is 0 Å². The number of carboxylic acid groups (broad SMARTS) is 1. The molecule has 102 valence electrons. The molecule has 0 aliphatic carbocycles. The summed E-state index contributed by atoms with van der Waals surface area (Å²) in [5.41, 5.74) is 1.54. The van der Waals surface area contributed by atoms with Crippen molar-refractivity contribution in [1.82, 2.24) is 4.57 Å². The van der Waals surface area contributed by atoms with Crippen LogP contribution in [0.2, 0.25) is 0 Å². The van der Waals surface area contributed by atoms with Crippen molar-refractivity contribution >= 4 is 16.9 Å². The average molecular weight is 259 g/mol. The third kappa shape index (κ3) is 3.16. The molecule has 3 heteroatoms. The van der Waals surface area contributed by atoms with Crippen LogP contribution < -0.4 is 0 Å². The number of para-hydroxylation sites is 1. The Balaban J connectivity index is 2.26. The van der Waals surface area contributed by atoms with Crippen molar-refractivity contribution in [2.75, 3.05) is 0 Å².